The summed E-state index contributed by atoms with van der Waals surface area (Å²) in [6, 6.07) is 13.3. The summed E-state index contributed by atoms with van der Waals surface area (Å²) < 4.78 is 6.56. The van der Waals surface area contributed by atoms with E-state index in [0.29, 0.717) is 25.2 Å². The Labute approximate surface area is 157 Å². The lowest BCUT2D eigenvalue weighted by Crippen LogP contribution is -2.28. The predicted molar refractivity (Wildman–Crippen MR) is 102 cm³/mol. The minimum atomic E-state index is -0.340. The van der Waals surface area contributed by atoms with Gasteiger partial charge >= 0.3 is 0 Å². The van der Waals surface area contributed by atoms with Crippen LogP contribution in [0.1, 0.15) is 32.2 Å². The van der Waals surface area contributed by atoms with E-state index < -0.39 is 0 Å². The highest BCUT2D eigenvalue weighted by Gasteiger charge is 2.21. The molecule has 2 N–H and O–H groups in total. The fraction of sp³-hybridized carbons (Fsp3) is 0.250. The summed E-state index contributed by atoms with van der Waals surface area (Å²) in [5, 5.41) is 5.59. The number of hydrogen-bond donors (Lipinski definition) is 2. The average molecular weight is 366 g/mol. The lowest BCUT2D eigenvalue weighted by atomic mass is 10.1. The van der Waals surface area contributed by atoms with Crippen LogP contribution in [0.5, 0.6) is 0 Å². The molecule has 7 heteroatoms. The van der Waals surface area contributed by atoms with Crippen molar-refractivity contribution in [3.05, 3.63) is 71.3 Å². The maximum atomic E-state index is 12.6. The van der Waals surface area contributed by atoms with Gasteiger partial charge in [-0.2, -0.15) is 0 Å². The van der Waals surface area contributed by atoms with Crippen LogP contribution in [0.25, 0.3) is 5.52 Å². The number of methoxy groups -OCH3 is 1. The Morgan fingerprint density at radius 1 is 1.07 bits per heavy atom. The third-order valence-electron chi connectivity index (χ3n) is 4.13. The normalized spacial score (nSPS) is 10.7. The number of nitrogens with zero attached hydrogens (tertiary/aromatic N) is 2. The number of fused-ring (bicyclic) bond motifs is 1. The minimum absolute atomic E-state index is 0.176. The van der Waals surface area contributed by atoms with Crippen molar-refractivity contribution in [2.75, 3.05) is 20.3 Å². The second kappa shape index (κ2) is 8.46. The molecule has 2 amide bonds. The number of aromatic nitrogens is 2. The number of rotatable bonds is 7. The Morgan fingerprint density at radius 2 is 1.85 bits per heavy atom. The molecule has 0 saturated carbocycles. The van der Waals surface area contributed by atoms with Crippen molar-refractivity contribution in [1.82, 2.24) is 20.0 Å². The third-order valence-corrected chi connectivity index (χ3v) is 4.13. The Bertz CT molecular complexity index is 948. The Kier molecular flexibility index (Phi) is 5.83. The summed E-state index contributed by atoms with van der Waals surface area (Å²) >= 11 is 0. The second-order valence-electron chi connectivity index (χ2n) is 6.16. The van der Waals surface area contributed by atoms with Crippen molar-refractivity contribution >= 4 is 17.3 Å². The summed E-state index contributed by atoms with van der Waals surface area (Å²) in [6.07, 6.45) is 1.72. The van der Waals surface area contributed by atoms with Gasteiger partial charge in [-0.15, -0.1) is 0 Å². The predicted octanol–water partition coefficient (Wildman–Crippen LogP) is 1.95. The average Bonchev–Trinajstić information content (AvgIpc) is 3.07. The van der Waals surface area contributed by atoms with E-state index in [0.717, 1.165) is 11.1 Å². The van der Waals surface area contributed by atoms with E-state index in [4.69, 9.17) is 4.74 Å². The fourth-order valence-electron chi connectivity index (χ4n) is 2.68. The lowest BCUT2D eigenvalue weighted by Gasteiger charge is -2.05. The van der Waals surface area contributed by atoms with E-state index in [1.165, 1.54) is 0 Å². The van der Waals surface area contributed by atoms with Crippen LogP contribution in [0.4, 0.5) is 0 Å². The van der Waals surface area contributed by atoms with Gasteiger partial charge < -0.3 is 15.4 Å². The second-order valence-corrected chi connectivity index (χ2v) is 6.16. The summed E-state index contributed by atoms with van der Waals surface area (Å²) in [6.45, 7) is 3.17. The summed E-state index contributed by atoms with van der Waals surface area (Å²) in [5.74, 6) is -0.504. The maximum absolute atomic E-state index is 12.6. The van der Waals surface area contributed by atoms with Crippen molar-refractivity contribution in [1.29, 1.82) is 0 Å². The van der Waals surface area contributed by atoms with E-state index in [2.05, 4.69) is 15.6 Å². The van der Waals surface area contributed by atoms with Gasteiger partial charge in [0, 0.05) is 26.4 Å². The zero-order chi connectivity index (χ0) is 19.2. The van der Waals surface area contributed by atoms with Crippen LogP contribution in [-0.2, 0) is 11.3 Å². The molecule has 3 aromatic rings. The number of carbonyl (C=O) groups is 2. The molecule has 0 unspecified atom stereocenters. The maximum Gasteiger partial charge on any atom is 0.287 e. The van der Waals surface area contributed by atoms with Gasteiger partial charge in [-0.25, -0.2) is 4.98 Å². The van der Waals surface area contributed by atoms with Crippen LogP contribution in [0.15, 0.2) is 48.7 Å². The SMILES string of the molecule is COCCNC(=O)c1nc(C(=O)NCc2ccc(C)cc2)n2ccccc12. The molecular weight excluding hydrogens is 344 g/mol. The summed E-state index contributed by atoms with van der Waals surface area (Å²) in [5.41, 5.74) is 2.95. The highest BCUT2D eigenvalue weighted by molar-refractivity contribution is 6.02. The number of aryl methyl sites for hydroxylation is 1. The van der Waals surface area contributed by atoms with Gasteiger partial charge in [-0.1, -0.05) is 35.9 Å². The Balaban J connectivity index is 1.80. The largest absolute Gasteiger partial charge is 0.383 e. The van der Waals surface area contributed by atoms with Crippen molar-refractivity contribution in [3.63, 3.8) is 0 Å². The molecule has 0 radical (unpaired) electrons. The van der Waals surface area contributed by atoms with E-state index in [1.54, 1.807) is 35.9 Å². The number of ether oxygens (including phenoxy) is 1. The van der Waals surface area contributed by atoms with E-state index in [1.807, 2.05) is 31.2 Å². The van der Waals surface area contributed by atoms with Gasteiger partial charge in [-0.3, -0.25) is 14.0 Å². The molecule has 140 valence electrons. The fourth-order valence-corrected chi connectivity index (χ4v) is 2.68. The Hall–Kier alpha value is -3.19. The number of carbonyl (C=O) groups excluding carboxylic acids is 2. The van der Waals surface area contributed by atoms with Crippen LogP contribution in [0, 0.1) is 6.92 Å². The molecule has 0 bridgehead atoms. The number of imidazole rings is 1. The molecule has 7 nitrogen and oxygen atoms in total. The number of amides is 2. The molecule has 0 atom stereocenters. The van der Waals surface area contributed by atoms with Crippen molar-refractivity contribution in [2.24, 2.45) is 0 Å². The summed E-state index contributed by atoms with van der Waals surface area (Å²) in [7, 11) is 1.56. The highest BCUT2D eigenvalue weighted by Crippen LogP contribution is 2.13. The van der Waals surface area contributed by atoms with Gasteiger partial charge in [0.2, 0.25) is 5.82 Å². The first kappa shape index (κ1) is 18.6. The first-order chi connectivity index (χ1) is 13.1. The minimum Gasteiger partial charge on any atom is -0.383 e. The zero-order valence-electron chi connectivity index (χ0n) is 15.4. The first-order valence-corrected chi connectivity index (χ1v) is 8.68. The topological polar surface area (TPSA) is 84.7 Å². The number of hydrogen-bond acceptors (Lipinski definition) is 4. The lowest BCUT2D eigenvalue weighted by molar-refractivity contribution is 0.0934. The van der Waals surface area contributed by atoms with Gasteiger partial charge in [0.25, 0.3) is 11.8 Å². The van der Waals surface area contributed by atoms with Gasteiger partial charge in [-0.05, 0) is 24.6 Å². The Morgan fingerprint density at radius 3 is 2.59 bits per heavy atom. The third kappa shape index (κ3) is 4.32. The van der Waals surface area contributed by atoms with Gasteiger partial charge in [0.05, 0.1) is 12.1 Å². The van der Waals surface area contributed by atoms with Crippen molar-refractivity contribution in [2.45, 2.75) is 13.5 Å². The van der Waals surface area contributed by atoms with Crippen molar-refractivity contribution in [3.8, 4) is 0 Å². The summed E-state index contributed by atoms with van der Waals surface area (Å²) in [4.78, 5) is 29.3. The number of benzene rings is 1. The van der Waals surface area contributed by atoms with Crippen molar-refractivity contribution < 1.29 is 14.3 Å². The number of nitrogens with one attached hydrogen (secondary N) is 2. The molecule has 1 aromatic carbocycles. The number of pyridine rings is 1. The molecule has 2 heterocycles. The molecule has 0 saturated heterocycles. The van der Waals surface area contributed by atoms with Crippen LogP contribution < -0.4 is 10.6 Å². The monoisotopic (exact) mass is 366 g/mol. The van der Waals surface area contributed by atoms with E-state index in [9.17, 15) is 9.59 Å². The molecule has 3 rings (SSSR count). The van der Waals surface area contributed by atoms with Crippen LogP contribution in [0.2, 0.25) is 0 Å². The molecule has 27 heavy (non-hydrogen) atoms. The van der Waals surface area contributed by atoms with Gasteiger partial charge in [0.15, 0.2) is 5.69 Å². The van der Waals surface area contributed by atoms with Crippen LogP contribution in [-0.4, -0.2) is 41.5 Å². The molecule has 0 aliphatic rings. The van der Waals surface area contributed by atoms with Gasteiger partial charge in [0.1, 0.15) is 0 Å². The molecule has 2 aromatic heterocycles. The van der Waals surface area contributed by atoms with Crippen LogP contribution in [0.3, 0.4) is 0 Å². The smallest absolute Gasteiger partial charge is 0.287 e. The molecule has 0 aliphatic heterocycles. The van der Waals surface area contributed by atoms with E-state index in [-0.39, 0.29) is 23.3 Å². The molecule has 0 spiro atoms. The molecular formula is C20H22N4O3. The molecule has 0 fully saturated rings. The highest BCUT2D eigenvalue weighted by atomic mass is 16.5. The van der Waals surface area contributed by atoms with Crippen LogP contribution >= 0.6 is 0 Å². The standard InChI is InChI=1S/C20H22N4O3/c1-14-6-8-15(9-7-14)13-22-20(26)18-23-17(19(25)21-10-12-27-2)16-5-3-4-11-24(16)18/h3-9,11H,10,12-13H2,1-2H3,(H,21,25)(H,22,26). The zero-order valence-corrected chi connectivity index (χ0v) is 15.4. The first-order valence-electron chi connectivity index (χ1n) is 8.68. The van der Waals surface area contributed by atoms with E-state index >= 15 is 0 Å². The quantitative estimate of drug-likeness (QED) is 0.626. The molecule has 0 aliphatic carbocycles.